The topological polar surface area (TPSA) is 97.9 Å². The van der Waals surface area contributed by atoms with Gasteiger partial charge in [-0.25, -0.2) is 28.1 Å². The number of hydrogen-bond donors (Lipinski definition) is 1. The van der Waals surface area contributed by atoms with Gasteiger partial charge in [0.15, 0.2) is 0 Å². The Morgan fingerprint density at radius 1 is 1.14 bits per heavy atom. The number of aromatic nitrogens is 5. The molecule has 186 valence electrons. The summed E-state index contributed by atoms with van der Waals surface area (Å²) < 4.78 is 44.3. The average Bonchev–Trinajstić information content (AvgIpc) is 3.34. The maximum absolute atomic E-state index is 14.7. The van der Waals surface area contributed by atoms with Crippen molar-refractivity contribution >= 4 is 22.8 Å². The molecule has 0 saturated carbocycles. The van der Waals surface area contributed by atoms with Gasteiger partial charge < -0.3 is 14.8 Å². The number of benzene rings is 1. The Labute approximate surface area is 203 Å². The minimum Gasteiger partial charge on any atom is -0.363 e. The van der Waals surface area contributed by atoms with Crippen molar-refractivity contribution in [1.29, 1.82) is 0 Å². The van der Waals surface area contributed by atoms with Crippen molar-refractivity contribution in [2.45, 2.75) is 32.5 Å². The van der Waals surface area contributed by atoms with E-state index in [1.165, 1.54) is 36.1 Å². The number of aryl methyl sites for hydroxylation is 1. The fourth-order valence-electron chi connectivity index (χ4n) is 4.41. The number of carbonyl (C=O) groups excluding carboxylic acids is 1. The SMILES string of the molecule is C[C@@H](Nc1ncnc2c1cc(C(=O)N1CCn3ccnc3C1)c(=O)n2C)c1cccc(C(F)F)c1F. The summed E-state index contributed by atoms with van der Waals surface area (Å²) in [7, 11) is 1.50. The van der Waals surface area contributed by atoms with Gasteiger partial charge in [0, 0.05) is 38.1 Å². The Kier molecular flexibility index (Phi) is 5.94. The molecule has 0 aliphatic carbocycles. The van der Waals surface area contributed by atoms with E-state index in [0.717, 1.165) is 11.9 Å². The minimum absolute atomic E-state index is 0.0319. The summed E-state index contributed by atoms with van der Waals surface area (Å²) in [5, 5.41) is 3.38. The number of nitrogens with zero attached hydrogens (tertiary/aromatic N) is 6. The molecular weight excluding hydrogens is 475 g/mol. The van der Waals surface area contributed by atoms with Crippen LogP contribution in [0.25, 0.3) is 11.0 Å². The first kappa shape index (κ1) is 23.5. The zero-order valence-electron chi connectivity index (χ0n) is 19.5. The van der Waals surface area contributed by atoms with Crippen LogP contribution < -0.4 is 10.9 Å². The van der Waals surface area contributed by atoms with E-state index < -0.39 is 35.3 Å². The Hall–Kier alpha value is -4.22. The van der Waals surface area contributed by atoms with Crippen LogP contribution in [-0.4, -0.2) is 41.4 Å². The van der Waals surface area contributed by atoms with Crippen LogP contribution in [0.1, 0.15) is 46.7 Å². The van der Waals surface area contributed by atoms with Crippen LogP contribution in [0.3, 0.4) is 0 Å². The first-order valence-corrected chi connectivity index (χ1v) is 11.2. The number of hydrogen-bond acceptors (Lipinski definition) is 6. The van der Waals surface area contributed by atoms with Crippen molar-refractivity contribution in [1.82, 2.24) is 29.0 Å². The molecular formula is C24H22F3N7O2. The summed E-state index contributed by atoms with van der Waals surface area (Å²) in [6.07, 6.45) is 1.78. The van der Waals surface area contributed by atoms with E-state index >= 15 is 0 Å². The zero-order chi connectivity index (χ0) is 25.6. The number of imidazole rings is 1. The van der Waals surface area contributed by atoms with Gasteiger partial charge in [0.05, 0.1) is 23.5 Å². The van der Waals surface area contributed by atoms with Crippen molar-refractivity contribution in [2.24, 2.45) is 7.05 Å². The van der Waals surface area contributed by atoms with E-state index in [0.29, 0.717) is 18.5 Å². The monoisotopic (exact) mass is 497 g/mol. The van der Waals surface area contributed by atoms with Crippen LogP contribution in [-0.2, 0) is 20.1 Å². The highest BCUT2D eigenvalue weighted by atomic mass is 19.3. The van der Waals surface area contributed by atoms with Gasteiger partial charge >= 0.3 is 0 Å². The molecule has 1 N–H and O–H groups in total. The molecule has 1 aliphatic heterocycles. The lowest BCUT2D eigenvalue weighted by molar-refractivity contribution is 0.0705. The van der Waals surface area contributed by atoms with Gasteiger partial charge in [-0.2, -0.15) is 0 Å². The lowest BCUT2D eigenvalue weighted by Gasteiger charge is -2.27. The molecule has 9 nitrogen and oxygen atoms in total. The third kappa shape index (κ3) is 3.97. The summed E-state index contributed by atoms with van der Waals surface area (Å²) >= 11 is 0. The smallest absolute Gasteiger partial charge is 0.266 e. The number of anilines is 1. The number of nitrogens with one attached hydrogen (secondary N) is 1. The van der Waals surface area contributed by atoms with E-state index in [1.54, 1.807) is 18.0 Å². The lowest BCUT2D eigenvalue weighted by atomic mass is 10.0. The summed E-state index contributed by atoms with van der Waals surface area (Å²) in [5.74, 6) is -0.504. The maximum Gasteiger partial charge on any atom is 0.266 e. The highest BCUT2D eigenvalue weighted by molar-refractivity contribution is 5.99. The summed E-state index contributed by atoms with van der Waals surface area (Å²) in [6.45, 7) is 2.84. The number of halogens is 3. The van der Waals surface area contributed by atoms with Gasteiger partial charge in [0.2, 0.25) is 0 Å². The average molecular weight is 497 g/mol. The Bertz CT molecular complexity index is 1530. The van der Waals surface area contributed by atoms with Gasteiger partial charge in [-0.05, 0) is 13.0 Å². The molecule has 0 bridgehead atoms. The summed E-state index contributed by atoms with van der Waals surface area (Å²) in [4.78, 5) is 40.6. The lowest BCUT2D eigenvalue weighted by Crippen LogP contribution is -2.41. The standard InChI is InChI=1S/C24H22F3N7O2/c1-13(14-4-3-5-15(19(14)25)20(26)27)31-21-16-10-17(23(35)32(2)22(16)30-12-29-21)24(36)34-9-8-33-7-6-28-18(33)11-34/h3-7,10,12-13,20H,8-9,11H2,1-2H3,(H,29,30,31)/t13-/m1/s1. The van der Waals surface area contributed by atoms with Gasteiger partial charge in [-0.3, -0.25) is 14.2 Å². The van der Waals surface area contributed by atoms with Gasteiger partial charge in [-0.15, -0.1) is 0 Å². The molecule has 0 spiro atoms. The summed E-state index contributed by atoms with van der Waals surface area (Å²) in [5.41, 5.74) is -0.982. The third-order valence-electron chi connectivity index (χ3n) is 6.38. The van der Waals surface area contributed by atoms with Crippen LogP contribution in [0.2, 0.25) is 0 Å². The van der Waals surface area contributed by atoms with E-state index in [2.05, 4.69) is 20.3 Å². The molecule has 4 heterocycles. The second-order valence-electron chi connectivity index (χ2n) is 8.56. The Morgan fingerprint density at radius 3 is 2.69 bits per heavy atom. The first-order valence-electron chi connectivity index (χ1n) is 11.2. The second kappa shape index (κ2) is 9.10. The quantitative estimate of drug-likeness (QED) is 0.454. The number of carbonyl (C=O) groups is 1. The number of alkyl halides is 2. The normalized spacial score (nSPS) is 14.2. The Balaban J connectivity index is 1.52. The van der Waals surface area contributed by atoms with Crippen LogP contribution in [0.4, 0.5) is 19.0 Å². The van der Waals surface area contributed by atoms with Crippen LogP contribution in [0.5, 0.6) is 0 Å². The molecule has 1 amide bonds. The Morgan fingerprint density at radius 2 is 1.92 bits per heavy atom. The van der Waals surface area contributed by atoms with E-state index in [1.807, 2.05) is 10.8 Å². The van der Waals surface area contributed by atoms with Gasteiger partial charge in [0.1, 0.15) is 35.0 Å². The molecule has 3 aromatic heterocycles. The van der Waals surface area contributed by atoms with Crippen molar-refractivity contribution in [3.05, 3.63) is 81.7 Å². The molecule has 36 heavy (non-hydrogen) atoms. The molecule has 0 saturated heterocycles. The van der Waals surface area contributed by atoms with Crippen molar-refractivity contribution in [2.75, 3.05) is 11.9 Å². The molecule has 0 radical (unpaired) electrons. The summed E-state index contributed by atoms with van der Waals surface area (Å²) in [6, 6.07) is 4.48. The van der Waals surface area contributed by atoms with Crippen LogP contribution in [0, 0.1) is 5.82 Å². The van der Waals surface area contributed by atoms with Gasteiger partial charge in [0.25, 0.3) is 17.9 Å². The van der Waals surface area contributed by atoms with Crippen molar-refractivity contribution in [3.63, 3.8) is 0 Å². The van der Waals surface area contributed by atoms with Crippen molar-refractivity contribution in [3.8, 4) is 0 Å². The first-order chi connectivity index (χ1) is 17.3. The molecule has 1 aliphatic rings. The number of amides is 1. The van der Waals surface area contributed by atoms with E-state index in [4.69, 9.17) is 0 Å². The molecule has 4 aromatic rings. The predicted molar refractivity (Wildman–Crippen MR) is 125 cm³/mol. The molecule has 1 atom stereocenters. The number of pyridine rings is 1. The molecule has 0 fully saturated rings. The van der Waals surface area contributed by atoms with Crippen molar-refractivity contribution < 1.29 is 18.0 Å². The maximum atomic E-state index is 14.7. The van der Waals surface area contributed by atoms with E-state index in [-0.39, 0.29) is 29.1 Å². The second-order valence-corrected chi connectivity index (χ2v) is 8.56. The number of rotatable bonds is 5. The molecule has 1 aromatic carbocycles. The molecule has 0 unspecified atom stereocenters. The fraction of sp³-hybridized carbons (Fsp3) is 0.292. The fourth-order valence-corrected chi connectivity index (χ4v) is 4.41. The highest BCUT2D eigenvalue weighted by Gasteiger charge is 2.26. The van der Waals surface area contributed by atoms with Crippen LogP contribution >= 0.6 is 0 Å². The zero-order valence-corrected chi connectivity index (χ0v) is 19.5. The third-order valence-corrected chi connectivity index (χ3v) is 6.38. The van der Waals surface area contributed by atoms with Gasteiger partial charge in [-0.1, -0.05) is 18.2 Å². The van der Waals surface area contributed by atoms with Crippen LogP contribution in [0.15, 0.2) is 47.8 Å². The molecule has 12 heteroatoms. The minimum atomic E-state index is -2.95. The van der Waals surface area contributed by atoms with E-state index in [9.17, 15) is 22.8 Å². The predicted octanol–water partition coefficient (Wildman–Crippen LogP) is 3.43. The highest BCUT2D eigenvalue weighted by Crippen LogP contribution is 2.30. The number of fused-ring (bicyclic) bond motifs is 2. The molecule has 5 rings (SSSR count). The largest absolute Gasteiger partial charge is 0.363 e.